The Morgan fingerprint density at radius 2 is 2.04 bits per heavy atom. The molecule has 0 N–H and O–H groups in total. The first kappa shape index (κ1) is 17.2. The molecule has 0 saturated heterocycles. The van der Waals surface area contributed by atoms with Crippen LogP contribution in [0.2, 0.25) is 0 Å². The Morgan fingerprint density at radius 3 is 2.79 bits per heavy atom. The minimum Gasteiger partial charge on any atom is -0.298 e. The fourth-order valence-electron chi connectivity index (χ4n) is 3.02. The summed E-state index contributed by atoms with van der Waals surface area (Å²) < 4.78 is 1.77. The lowest BCUT2D eigenvalue weighted by atomic mass is 9.99. The van der Waals surface area contributed by atoms with Gasteiger partial charge >= 0.3 is 0 Å². The number of hydrogen-bond acceptors (Lipinski definition) is 4. The molecule has 1 saturated carbocycles. The number of aromatic nitrogens is 2. The molecular weight excluding hydrogens is 320 g/mol. The number of nitrogens with zero attached hydrogens (tertiary/aromatic N) is 2. The summed E-state index contributed by atoms with van der Waals surface area (Å²) in [4.78, 5) is 29.8. The molecule has 128 valence electrons. The van der Waals surface area contributed by atoms with Gasteiger partial charge in [-0.05, 0) is 37.3 Å². The van der Waals surface area contributed by atoms with Crippen LogP contribution in [0.25, 0.3) is 10.9 Å². The van der Waals surface area contributed by atoms with Gasteiger partial charge in [-0.2, -0.15) is 0 Å². The molecule has 5 heteroatoms. The van der Waals surface area contributed by atoms with Gasteiger partial charge in [-0.15, -0.1) is 0 Å². The van der Waals surface area contributed by atoms with Crippen molar-refractivity contribution >= 4 is 28.4 Å². The highest BCUT2D eigenvalue weighted by Crippen LogP contribution is 2.31. The Bertz CT molecular complexity index is 798. The molecule has 2 aromatic rings. The van der Waals surface area contributed by atoms with E-state index in [0.717, 1.165) is 25.7 Å². The Kier molecular flexibility index (Phi) is 5.39. The van der Waals surface area contributed by atoms with Gasteiger partial charge in [0.1, 0.15) is 5.78 Å². The van der Waals surface area contributed by atoms with Crippen LogP contribution in [0.15, 0.2) is 34.2 Å². The number of carbonyl (C=O) groups is 1. The molecule has 0 spiro atoms. The van der Waals surface area contributed by atoms with Gasteiger partial charge in [0.05, 0.1) is 16.2 Å². The molecule has 3 rings (SSSR count). The molecule has 1 atom stereocenters. The molecule has 0 amide bonds. The summed E-state index contributed by atoms with van der Waals surface area (Å²) in [5, 5.41) is 1.29. The molecule has 24 heavy (non-hydrogen) atoms. The van der Waals surface area contributed by atoms with Gasteiger partial charge in [-0.25, -0.2) is 4.98 Å². The second-order valence-electron chi connectivity index (χ2n) is 6.87. The zero-order valence-corrected chi connectivity index (χ0v) is 15.1. The van der Waals surface area contributed by atoms with Crippen molar-refractivity contribution in [3.8, 4) is 0 Å². The van der Waals surface area contributed by atoms with Crippen molar-refractivity contribution in [1.82, 2.24) is 9.55 Å². The van der Waals surface area contributed by atoms with Crippen LogP contribution in [0.5, 0.6) is 0 Å². The maximum Gasteiger partial charge on any atom is 0.262 e. The number of rotatable bonds is 5. The zero-order chi connectivity index (χ0) is 17.1. The zero-order valence-electron chi connectivity index (χ0n) is 14.3. The molecule has 0 aliphatic heterocycles. The third-order valence-corrected chi connectivity index (χ3v) is 5.81. The fraction of sp³-hybridized carbons (Fsp3) is 0.526. The van der Waals surface area contributed by atoms with Crippen molar-refractivity contribution in [2.75, 3.05) is 0 Å². The van der Waals surface area contributed by atoms with Gasteiger partial charge < -0.3 is 0 Å². The number of carbonyl (C=O) groups excluding carboxylic acids is 1. The lowest BCUT2D eigenvalue weighted by Gasteiger charge is -2.21. The standard InChI is InChI=1S/C19H24N2O2S/c1-13(2)11-12-21-18(23)14-7-3-4-8-15(14)20-19(21)24-17-10-6-5-9-16(17)22/h3-4,7-8,13,17H,5-6,9-12H2,1-2H3. The first-order chi connectivity index (χ1) is 11.6. The van der Waals surface area contributed by atoms with Gasteiger partial charge in [0.2, 0.25) is 0 Å². The smallest absolute Gasteiger partial charge is 0.262 e. The second-order valence-corrected chi connectivity index (χ2v) is 8.04. The predicted molar refractivity (Wildman–Crippen MR) is 98.6 cm³/mol. The van der Waals surface area contributed by atoms with Gasteiger partial charge in [-0.3, -0.25) is 14.2 Å². The molecule has 0 radical (unpaired) electrons. The molecule has 1 aromatic heterocycles. The normalized spacial score (nSPS) is 18.5. The van der Waals surface area contributed by atoms with Crippen LogP contribution in [-0.4, -0.2) is 20.6 Å². The number of fused-ring (bicyclic) bond motifs is 1. The molecule has 1 aliphatic rings. The van der Waals surface area contributed by atoms with Crippen molar-refractivity contribution in [2.45, 2.75) is 62.9 Å². The highest BCUT2D eigenvalue weighted by atomic mass is 32.2. The Morgan fingerprint density at radius 1 is 1.25 bits per heavy atom. The highest BCUT2D eigenvalue weighted by Gasteiger charge is 2.25. The van der Waals surface area contributed by atoms with E-state index in [9.17, 15) is 9.59 Å². The van der Waals surface area contributed by atoms with E-state index in [1.165, 1.54) is 11.8 Å². The number of para-hydroxylation sites is 1. The monoisotopic (exact) mass is 344 g/mol. The van der Waals surface area contributed by atoms with Gasteiger partial charge in [-0.1, -0.05) is 44.2 Å². The largest absolute Gasteiger partial charge is 0.298 e. The number of Topliss-reactive ketones (excluding diaryl/α,β-unsaturated/α-hetero) is 1. The van der Waals surface area contributed by atoms with Crippen LogP contribution in [0.3, 0.4) is 0 Å². The van der Waals surface area contributed by atoms with E-state index < -0.39 is 0 Å². The van der Waals surface area contributed by atoms with Crippen LogP contribution in [-0.2, 0) is 11.3 Å². The molecule has 0 bridgehead atoms. The molecule has 1 aliphatic carbocycles. The van der Waals surface area contributed by atoms with Gasteiger partial charge in [0, 0.05) is 13.0 Å². The maximum atomic E-state index is 12.9. The van der Waals surface area contributed by atoms with Gasteiger partial charge in [0.25, 0.3) is 5.56 Å². The second kappa shape index (κ2) is 7.51. The van der Waals surface area contributed by atoms with E-state index in [2.05, 4.69) is 13.8 Å². The van der Waals surface area contributed by atoms with Crippen LogP contribution in [0.4, 0.5) is 0 Å². The van der Waals surface area contributed by atoms with Crippen molar-refractivity contribution in [3.63, 3.8) is 0 Å². The summed E-state index contributed by atoms with van der Waals surface area (Å²) in [5.74, 6) is 0.807. The molecule has 1 heterocycles. The van der Waals surface area contributed by atoms with Crippen LogP contribution in [0, 0.1) is 5.92 Å². The average Bonchev–Trinajstić information content (AvgIpc) is 2.56. The summed E-state index contributed by atoms with van der Waals surface area (Å²) in [6.45, 7) is 4.95. The number of benzene rings is 1. The van der Waals surface area contributed by atoms with Crippen LogP contribution in [0.1, 0.15) is 46.0 Å². The topological polar surface area (TPSA) is 52.0 Å². The first-order valence-corrected chi connectivity index (χ1v) is 9.63. The van der Waals surface area contributed by atoms with Crippen molar-refractivity contribution in [1.29, 1.82) is 0 Å². The summed E-state index contributed by atoms with van der Waals surface area (Å²) in [6.07, 6.45) is 4.53. The lowest BCUT2D eigenvalue weighted by molar-refractivity contribution is -0.119. The molecule has 1 fully saturated rings. The summed E-state index contributed by atoms with van der Waals surface area (Å²) in [5.41, 5.74) is 0.723. The third-order valence-electron chi connectivity index (χ3n) is 4.50. The summed E-state index contributed by atoms with van der Waals surface area (Å²) in [7, 11) is 0. The van der Waals surface area contributed by atoms with Crippen LogP contribution < -0.4 is 5.56 Å². The quantitative estimate of drug-likeness (QED) is 0.768. The molecule has 1 unspecified atom stereocenters. The van der Waals surface area contributed by atoms with E-state index in [-0.39, 0.29) is 10.8 Å². The van der Waals surface area contributed by atoms with Crippen LogP contribution >= 0.6 is 11.8 Å². The van der Waals surface area contributed by atoms with Gasteiger partial charge in [0.15, 0.2) is 5.16 Å². The average molecular weight is 344 g/mol. The molecule has 4 nitrogen and oxygen atoms in total. The van der Waals surface area contributed by atoms with E-state index >= 15 is 0 Å². The fourth-order valence-corrected chi connectivity index (χ4v) is 4.27. The Labute approximate surface area is 146 Å². The third kappa shape index (κ3) is 3.72. The SMILES string of the molecule is CC(C)CCn1c(SC2CCCCC2=O)nc2ccccc2c1=O. The number of thioether (sulfide) groups is 1. The van der Waals surface area contributed by atoms with E-state index in [4.69, 9.17) is 4.98 Å². The highest BCUT2D eigenvalue weighted by molar-refractivity contribution is 8.00. The number of ketones is 1. The molecular formula is C19H24N2O2S. The predicted octanol–water partition coefficient (Wildman–Crippen LogP) is 4.05. The lowest BCUT2D eigenvalue weighted by Crippen LogP contribution is -2.27. The van der Waals surface area contributed by atoms with E-state index in [1.54, 1.807) is 4.57 Å². The minimum absolute atomic E-state index is 0.00649. The maximum absolute atomic E-state index is 12.9. The Balaban J connectivity index is 2.01. The molecule has 1 aromatic carbocycles. The van der Waals surface area contributed by atoms with Crippen molar-refractivity contribution in [3.05, 3.63) is 34.6 Å². The minimum atomic E-state index is -0.0582. The number of hydrogen-bond donors (Lipinski definition) is 0. The van der Waals surface area contributed by atoms with Crippen molar-refractivity contribution in [2.24, 2.45) is 5.92 Å². The first-order valence-electron chi connectivity index (χ1n) is 8.75. The summed E-state index contributed by atoms with van der Waals surface area (Å²) >= 11 is 1.48. The van der Waals surface area contributed by atoms with E-state index in [0.29, 0.717) is 40.7 Å². The Hall–Kier alpha value is -1.62. The van der Waals surface area contributed by atoms with E-state index in [1.807, 2.05) is 24.3 Å². The van der Waals surface area contributed by atoms with Crippen molar-refractivity contribution < 1.29 is 4.79 Å². The summed E-state index contributed by atoms with van der Waals surface area (Å²) in [6, 6.07) is 7.47.